The van der Waals surface area contributed by atoms with Crippen LogP contribution >= 0.6 is 0 Å². The maximum atomic E-state index is 14.1. The van der Waals surface area contributed by atoms with Crippen LogP contribution < -0.4 is 4.74 Å². The second-order valence-electron chi connectivity index (χ2n) is 5.97. The van der Waals surface area contributed by atoms with E-state index in [9.17, 15) is 17.6 Å². The van der Waals surface area contributed by atoms with Crippen molar-refractivity contribution in [2.75, 3.05) is 0 Å². The molecule has 1 aromatic heterocycles. The van der Waals surface area contributed by atoms with Crippen molar-refractivity contribution in [2.45, 2.75) is 32.9 Å². The number of pyridine rings is 1. The number of halogens is 4. The Morgan fingerprint density at radius 3 is 2.50 bits per heavy atom. The van der Waals surface area contributed by atoms with Gasteiger partial charge < -0.3 is 4.74 Å². The normalized spacial score (nSPS) is 15.8. The molecule has 1 aliphatic rings. The molecule has 2 heterocycles. The molecule has 7 heteroatoms. The van der Waals surface area contributed by atoms with Crippen LogP contribution in [0.25, 0.3) is 0 Å². The molecule has 126 valence electrons. The number of benzene rings is 1. The van der Waals surface area contributed by atoms with E-state index in [-0.39, 0.29) is 17.0 Å². The van der Waals surface area contributed by atoms with Gasteiger partial charge in [0, 0.05) is 17.3 Å². The fourth-order valence-electron chi connectivity index (χ4n) is 2.58. The van der Waals surface area contributed by atoms with E-state index in [1.807, 2.05) is 0 Å². The summed E-state index contributed by atoms with van der Waals surface area (Å²) in [4.78, 5) is 8.16. The molecule has 2 aromatic rings. The van der Waals surface area contributed by atoms with Gasteiger partial charge >= 0.3 is 0 Å². The van der Waals surface area contributed by atoms with Crippen molar-refractivity contribution >= 4 is 5.71 Å². The molecular formula is C17H14F4N2O. The number of alkyl halides is 2. The van der Waals surface area contributed by atoms with Crippen LogP contribution in [0.4, 0.5) is 17.6 Å². The second-order valence-corrected chi connectivity index (χ2v) is 5.97. The van der Waals surface area contributed by atoms with Crippen molar-refractivity contribution in [3.8, 4) is 5.75 Å². The summed E-state index contributed by atoms with van der Waals surface area (Å²) < 4.78 is 58.7. The van der Waals surface area contributed by atoms with E-state index >= 15 is 0 Å². The van der Waals surface area contributed by atoms with Gasteiger partial charge in [0.2, 0.25) is 5.82 Å². The van der Waals surface area contributed by atoms with Crippen LogP contribution in [0.3, 0.4) is 0 Å². The highest BCUT2D eigenvalue weighted by Gasteiger charge is 2.32. The third kappa shape index (κ3) is 2.74. The largest absolute Gasteiger partial charge is 0.463 e. The van der Waals surface area contributed by atoms with Crippen LogP contribution in [-0.2, 0) is 0 Å². The number of hydrogen-bond acceptors (Lipinski definition) is 3. The Labute approximate surface area is 136 Å². The lowest BCUT2D eigenvalue weighted by Gasteiger charge is -2.30. The highest BCUT2D eigenvalue weighted by molar-refractivity contribution is 6.15. The molecule has 0 spiro atoms. The summed E-state index contributed by atoms with van der Waals surface area (Å²) >= 11 is 0. The van der Waals surface area contributed by atoms with E-state index < -0.39 is 23.8 Å². The zero-order valence-electron chi connectivity index (χ0n) is 13.2. The summed E-state index contributed by atoms with van der Waals surface area (Å²) in [6.45, 7) is 4.69. The van der Waals surface area contributed by atoms with Crippen molar-refractivity contribution in [3.05, 3.63) is 58.4 Å². The lowest BCUT2D eigenvalue weighted by atomic mass is 9.98. The molecule has 0 unspecified atom stereocenters. The predicted molar refractivity (Wildman–Crippen MR) is 80.6 cm³/mol. The molecule has 0 fully saturated rings. The summed E-state index contributed by atoms with van der Waals surface area (Å²) in [5.41, 5.74) is -0.169. The van der Waals surface area contributed by atoms with Gasteiger partial charge in [0.25, 0.3) is 6.43 Å². The lowest BCUT2D eigenvalue weighted by Crippen LogP contribution is -2.33. The molecule has 0 N–H and O–H groups in total. The number of nitrogens with zero attached hydrogens (tertiary/aromatic N) is 2. The molecule has 0 atom stereocenters. The quantitative estimate of drug-likeness (QED) is 0.752. The average molecular weight is 338 g/mol. The average Bonchev–Trinajstić information content (AvgIpc) is 2.49. The summed E-state index contributed by atoms with van der Waals surface area (Å²) in [6, 6.07) is 3.82. The maximum absolute atomic E-state index is 14.1. The molecule has 0 saturated carbocycles. The Hall–Kier alpha value is -2.44. The van der Waals surface area contributed by atoms with E-state index in [1.54, 1.807) is 13.8 Å². The summed E-state index contributed by atoms with van der Waals surface area (Å²) in [7, 11) is 0. The van der Waals surface area contributed by atoms with E-state index in [2.05, 4.69) is 9.98 Å². The van der Waals surface area contributed by atoms with E-state index in [4.69, 9.17) is 4.74 Å². The third-order valence-corrected chi connectivity index (χ3v) is 3.64. The Morgan fingerprint density at radius 1 is 1.17 bits per heavy atom. The van der Waals surface area contributed by atoms with Crippen LogP contribution in [0.15, 0.2) is 29.4 Å². The van der Waals surface area contributed by atoms with E-state index in [1.165, 1.54) is 25.3 Å². The maximum Gasteiger partial charge on any atom is 0.280 e. The van der Waals surface area contributed by atoms with Crippen LogP contribution in [0, 0.1) is 18.6 Å². The van der Waals surface area contributed by atoms with Crippen molar-refractivity contribution in [3.63, 3.8) is 0 Å². The number of rotatable bonds is 2. The van der Waals surface area contributed by atoms with Crippen LogP contribution in [-0.4, -0.2) is 16.4 Å². The van der Waals surface area contributed by atoms with E-state index in [0.717, 1.165) is 6.07 Å². The SMILES string of the molecule is Cc1cc(C2=NC(C)(C)Oc3c2ccc(F)c3F)cnc1C(F)F. The molecule has 0 radical (unpaired) electrons. The minimum Gasteiger partial charge on any atom is -0.463 e. The Bertz CT molecular complexity index is 847. The number of aromatic nitrogens is 1. The minimum absolute atomic E-state index is 0.249. The van der Waals surface area contributed by atoms with Crippen LogP contribution in [0.1, 0.15) is 42.7 Å². The van der Waals surface area contributed by atoms with Crippen molar-refractivity contribution < 1.29 is 22.3 Å². The van der Waals surface area contributed by atoms with Crippen molar-refractivity contribution in [1.29, 1.82) is 0 Å². The monoisotopic (exact) mass is 338 g/mol. The fraction of sp³-hybridized carbons (Fsp3) is 0.294. The first-order chi connectivity index (χ1) is 11.2. The van der Waals surface area contributed by atoms with Gasteiger partial charge in [-0.3, -0.25) is 4.98 Å². The molecule has 24 heavy (non-hydrogen) atoms. The van der Waals surface area contributed by atoms with Gasteiger partial charge in [-0.2, -0.15) is 4.39 Å². The molecule has 1 aromatic carbocycles. The number of aryl methyl sites for hydroxylation is 1. The first-order valence-corrected chi connectivity index (χ1v) is 7.22. The van der Waals surface area contributed by atoms with Gasteiger partial charge in [-0.15, -0.1) is 0 Å². The molecule has 0 aliphatic carbocycles. The van der Waals surface area contributed by atoms with Gasteiger partial charge in [-0.05, 0) is 44.5 Å². The van der Waals surface area contributed by atoms with Crippen LogP contribution in [0.5, 0.6) is 5.75 Å². The third-order valence-electron chi connectivity index (χ3n) is 3.64. The molecular weight excluding hydrogens is 324 g/mol. The Morgan fingerprint density at radius 2 is 1.88 bits per heavy atom. The van der Waals surface area contributed by atoms with Gasteiger partial charge in [0.15, 0.2) is 17.3 Å². The van der Waals surface area contributed by atoms with Crippen molar-refractivity contribution in [1.82, 2.24) is 4.98 Å². The van der Waals surface area contributed by atoms with Gasteiger partial charge in [0.1, 0.15) is 5.69 Å². The lowest BCUT2D eigenvalue weighted by molar-refractivity contribution is 0.108. The highest BCUT2D eigenvalue weighted by atomic mass is 19.3. The predicted octanol–water partition coefficient (Wildman–Crippen LogP) is 4.57. The second kappa shape index (κ2) is 5.58. The minimum atomic E-state index is -2.69. The molecule has 0 saturated heterocycles. The Kier molecular flexibility index (Phi) is 3.81. The molecule has 3 rings (SSSR count). The van der Waals surface area contributed by atoms with Crippen molar-refractivity contribution in [2.24, 2.45) is 4.99 Å². The Balaban J connectivity index is 2.19. The van der Waals surface area contributed by atoms with Gasteiger partial charge in [0.05, 0.1) is 5.71 Å². The van der Waals surface area contributed by atoms with Crippen LogP contribution in [0.2, 0.25) is 0 Å². The molecule has 0 bridgehead atoms. The number of aliphatic imine (C=N–C) groups is 1. The first kappa shape index (κ1) is 16.4. The molecule has 3 nitrogen and oxygen atoms in total. The molecule has 0 amide bonds. The number of hydrogen-bond donors (Lipinski definition) is 0. The zero-order valence-corrected chi connectivity index (χ0v) is 13.2. The fourth-order valence-corrected chi connectivity index (χ4v) is 2.58. The summed E-state index contributed by atoms with van der Waals surface area (Å²) in [6.07, 6.45) is -1.44. The van der Waals surface area contributed by atoms with Gasteiger partial charge in [-0.1, -0.05) is 0 Å². The number of fused-ring (bicyclic) bond motifs is 1. The first-order valence-electron chi connectivity index (χ1n) is 7.22. The van der Waals surface area contributed by atoms with E-state index in [0.29, 0.717) is 16.8 Å². The topological polar surface area (TPSA) is 34.5 Å². The van der Waals surface area contributed by atoms with Gasteiger partial charge in [-0.25, -0.2) is 18.2 Å². The summed E-state index contributed by atoms with van der Waals surface area (Å²) in [5, 5.41) is 0. The zero-order chi connectivity index (χ0) is 17.6. The smallest absolute Gasteiger partial charge is 0.280 e. The standard InChI is InChI=1S/C17H14F4N2O/c1-8-6-9(7-22-13(8)16(20)21)14-10-4-5-11(18)12(19)15(10)24-17(2,3)23-14/h4-7,16H,1-3H3. The highest BCUT2D eigenvalue weighted by Crippen LogP contribution is 2.36. The number of ether oxygens (including phenoxy) is 1. The molecule has 1 aliphatic heterocycles. The summed E-state index contributed by atoms with van der Waals surface area (Å²) in [5.74, 6) is -2.39.